The van der Waals surface area contributed by atoms with Crippen LogP contribution in [0.2, 0.25) is 0 Å². The highest BCUT2D eigenvalue weighted by Gasteiger charge is 2.16. The average molecular weight is 365 g/mol. The van der Waals surface area contributed by atoms with Crippen molar-refractivity contribution in [2.24, 2.45) is 0 Å². The molecule has 1 heterocycles. The zero-order valence-corrected chi connectivity index (χ0v) is 15.2. The number of nitrogens with zero attached hydrogens (tertiary/aromatic N) is 1. The van der Waals surface area contributed by atoms with E-state index in [1.165, 1.54) is 14.2 Å². The van der Waals surface area contributed by atoms with Gasteiger partial charge in [-0.2, -0.15) is 0 Å². The number of carbonyl (C=O) groups excluding carboxylic acids is 2. The quantitative estimate of drug-likeness (QED) is 0.533. The summed E-state index contributed by atoms with van der Waals surface area (Å²) in [6.07, 6.45) is 1.05. The summed E-state index contributed by atoms with van der Waals surface area (Å²) in [6, 6.07) is 13.3. The number of aromatic amines is 1. The highest BCUT2D eigenvalue weighted by molar-refractivity contribution is 5.99. The van der Waals surface area contributed by atoms with Gasteiger partial charge in [-0.3, -0.25) is 0 Å². The van der Waals surface area contributed by atoms with E-state index >= 15 is 0 Å². The second-order valence-corrected chi connectivity index (χ2v) is 5.78. The molecule has 0 spiro atoms. The molecule has 138 valence electrons. The number of ether oxygens (including phenoxy) is 2. The van der Waals surface area contributed by atoms with Crippen LogP contribution < -0.4 is 5.32 Å². The Morgan fingerprint density at radius 3 is 2.56 bits per heavy atom. The van der Waals surface area contributed by atoms with Crippen LogP contribution in [-0.2, 0) is 19.1 Å². The summed E-state index contributed by atoms with van der Waals surface area (Å²) in [6.45, 7) is 1.90. The topological polar surface area (TPSA) is 93.3 Å². The molecule has 0 atom stereocenters. The highest BCUT2D eigenvalue weighted by atomic mass is 16.5. The molecule has 2 aromatic carbocycles. The van der Waals surface area contributed by atoms with Gasteiger partial charge in [0.1, 0.15) is 11.5 Å². The lowest BCUT2D eigenvalue weighted by Crippen LogP contribution is -2.16. The number of nitrogens with one attached hydrogen (secondary N) is 2. The molecular weight excluding hydrogens is 346 g/mol. The van der Waals surface area contributed by atoms with Gasteiger partial charge >= 0.3 is 11.9 Å². The molecule has 2 N–H and O–H groups in total. The van der Waals surface area contributed by atoms with Crippen molar-refractivity contribution in [2.45, 2.75) is 6.92 Å². The molecule has 3 rings (SSSR count). The Morgan fingerprint density at radius 2 is 1.85 bits per heavy atom. The third-order valence-electron chi connectivity index (χ3n) is 4.12. The largest absolute Gasteiger partial charge is 0.466 e. The van der Waals surface area contributed by atoms with Crippen molar-refractivity contribution in [3.8, 4) is 11.4 Å². The van der Waals surface area contributed by atoms with Crippen LogP contribution >= 0.6 is 0 Å². The van der Waals surface area contributed by atoms with Crippen LogP contribution in [0.4, 0.5) is 5.69 Å². The lowest BCUT2D eigenvalue weighted by Gasteiger charge is -2.13. The van der Waals surface area contributed by atoms with Crippen molar-refractivity contribution >= 4 is 28.7 Å². The van der Waals surface area contributed by atoms with Crippen molar-refractivity contribution in [2.75, 3.05) is 19.5 Å². The first-order valence-electron chi connectivity index (χ1n) is 8.23. The van der Waals surface area contributed by atoms with E-state index in [0.29, 0.717) is 11.5 Å². The van der Waals surface area contributed by atoms with E-state index in [2.05, 4.69) is 20.0 Å². The number of benzene rings is 2. The zero-order chi connectivity index (χ0) is 19.4. The molecule has 0 aliphatic heterocycles. The van der Waals surface area contributed by atoms with E-state index in [1.807, 2.05) is 43.3 Å². The summed E-state index contributed by atoms with van der Waals surface area (Å²) in [5.74, 6) is -0.614. The first-order chi connectivity index (χ1) is 13.0. The van der Waals surface area contributed by atoms with Crippen LogP contribution in [0, 0.1) is 6.92 Å². The van der Waals surface area contributed by atoms with E-state index in [0.717, 1.165) is 28.2 Å². The number of fused-ring (bicyclic) bond motifs is 1. The summed E-state index contributed by atoms with van der Waals surface area (Å²) >= 11 is 0. The maximum atomic E-state index is 12.0. The molecule has 3 aromatic rings. The minimum atomic E-state index is -0.672. The minimum Gasteiger partial charge on any atom is -0.466 e. The molecule has 1 aromatic heterocycles. The maximum absolute atomic E-state index is 12.0. The highest BCUT2D eigenvalue weighted by Crippen LogP contribution is 2.29. The second-order valence-electron chi connectivity index (χ2n) is 5.78. The fourth-order valence-corrected chi connectivity index (χ4v) is 2.69. The number of para-hydroxylation sites is 2. The summed E-state index contributed by atoms with van der Waals surface area (Å²) in [4.78, 5) is 31.4. The third kappa shape index (κ3) is 3.82. The van der Waals surface area contributed by atoms with Gasteiger partial charge in [-0.05, 0) is 30.7 Å². The summed E-state index contributed by atoms with van der Waals surface area (Å²) in [7, 11) is 2.48. The molecule has 0 amide bonds. The first-order valence-corrected chi connectivity index (χ1v) is 8.23. The Bertz CT molecular complexity index is 1000. The summed E-state index contributed by atoms with van der Waals surface area (Å²) < 4.78 is 9.32. The fraction of sp³-hybridized carbons (Fsp3) is 0.150. The fourth-order valence-electron chi connectivity index (χ4n) is 2.69. The van der Waals surface area contributed by atoms with Crippen molar-refractivity contribution in [1.29, 1.82) is 0 Å². The Kier molecular flexibility index (Phi) is 5.21. The predicted octanol–water partition coefficient (Wildman–Crippen LogP) is 3.18. The third-order valence-corrected chi connectivity index (χ3v) is 4.12. The van der Waals surface area contributed by atoms with Crippen molar-refractivity contribution in [1.82, 2.24) is 9.97 Å². The van der Waals surface area contributed by atoms with E-state index < -0.39 is 11.9 Å². The lowest BCUT2D eigenvalue weighted by molar-refractivity contribution is -0.138. The van der Waals surface area contributed by atoms with Crippen LogP contribution in [0.15, 0.2) is 54.2 Å². The van der Waals surface area contributed by atoms with Crippen LogP contribution in [0.3, 0.4) is 0 Å². The number of imidazole rings is 1. The molecule has 0 radical (unpaired) electrons. The molecule has 0 saturated heterocycles. The standard InChI is InChI=1S/C20H19N3O4/c1-12-13(19-22-15-8-4-5-9-16(15)23-19)7-6-10-14(12)21-17(20(25)27-3)11-18(24)26-2/h4-11,21H,1-3H3,(H,22,23)/b17-11+. The van der Waals surface area contributed by atoms with Crippen molar-refractivity contribution < 1.29 is 19.1 Å². The zero-order valence-electron chi connectivity index (χ0n) is 15.2. The van der Waals surface area contributed by atoms with Gasteiger partial charge in [0.25, 0.3) is 0 Å². The van der Waals surface area contributed by atoms with Gasteiger partial charge in [0.2, 0.25) is 0 Å². The molecule has 0 aliphatic carbocycles. The molecule has 0 bridgehead atoms. The van der Waals surface area contributed by atoms with Gasteiger partial charge in [-0.1, -0.05) is 24.3 Å². The number of carbonyl (C=O) groups is 2. The van der Waals surface area contributed by atoms with Gasteiger partial charge in [0.05, 0.1) is 31.3 Å². The number of hydrogen-bond donors (Lipinski definition) is 2. The monoisotopic (exact) mass is 365 g/mol. The van der Waals surface area contributed by atoms with Gasteiger partial charge in [0, 0.05) is 11.3 Å². The van der Waals surface area contributed by atoms with Crippen LogP contribution in [0.1, 0.15) is 5.56 Å². The van der Waals surface area contributed by atoms with Crippen molar-refractivity contribution in [3.05, 3.63) is 59.8 Å². The number of esters is 2. The lowest BCUT2D eigenvalue weighted by atomic mass is 10.1. The number of H-pyrrole nitrogens is 1. The molecular formula is C20H19N3O4. The second kappa shape index (κ2) is 7.74. The maximum Gasteiger partial charge on any atom is 0.354 e. The van der Waals surface area contributed by atoms with E-state index in [4.69, 9.17) is 4.74 Å². The Hall–Kier alpha value is -3.61. The summed E-state index contributed by atoms with van der Waals surface area (Å²) in [5, 5.41) is 2.95. The SMILES string of the molecule is COC(=O)/C=C(/Nc1cccc(-c2nc3ccccc3[nH]2)c1C)C(=O)OC. The number of rotatable bonds is 5. The molecule has 27 heavy (non-hydrogen) atoms. The van der Waals surface area contributed by atoms with E-state index in [9.17, 15) is 9.59 Å². The molecule has 0 unspecified atom stereocenters. The smallest absolute Gasteiger partial charge is 0.354 e. The van der Waals surface area contributed by atoms with E-state index in [1.54, 1.807) is 6.07 Å². The summed E-state index contributed by atoms with van der Waals surface area (Å²) in [5.41, 5.74) is 4.16. The molecule has 7 nitrogen and oxygen atoms in total. The minimum absolute atomic E-state index is 0.0193. The molecule has 0 aliphatic rings. The molecule has 7 heteroatoms. The Morgan fingerprint density at radius 1 is 1.07 bits per heavy atom. The van der Waals surface area contributed by atoms with Crippen LogP contribution in [0.25, 0.3) is 22.4 Å². The first kappa shape index (κ1) is 18.2. The predicted molar refractivity (Wildman–Crippen MR) is 102 cm³/mol. The van der Waals surface area contributed by atoms with Crippen molar-refractivity contribution in [3.63, 3.8) is 0 Å². The van der Waals surface area contributed by atoms with Gasteiger partial charge in [0.15, 0.2) is 0 Å². The Labute approximate surface area is 156 Å². The molecule has 0 saturated carbocycles. The Balaban J connectivity index is 2.00. The number of aromatic nitrogens is 2. The van der Waals surface area contributed by atoms with Gasteiger partial charge < -0.3 is 19.8 Å². The molecule has 0 fully saturated rings. The van der Waals surface area contributed by atoms with Gasteiger partial charge in [-0.25, -0.2) is 14.6 Å². The number of anilines is 1. The van der Waals surface area contributed by atoms with Crippen LogP contribution in [-0.4, -0.2) is 36.1 Å². The van der Waals surface area contributed by atoms with Gasteiger partial charge in [-0.15, -0.1) is 0 Å². The average Bonchev–Trinajstić information content (AvgIpc) is 3.12. The van der Waals surface area contributed by atoms with E-state index in [-0.39, 0.29) is 5.70 Å². The number of hydrogen-bond acceptors (Lipinski definition) is 6. The number of methoxy groups -OCH3 is 2. The van der Waals surface area contributed by atoms with Crippen LogP contribution in [0.5, 0.6) is 0 Å². The normalized spacial score (nSPS) is 11.3.